The quantitative estimate of drug-likeness (QED) is 0.0468. The van der Waals surface area contributed by atoms with E-state index in [-0.39, 0.29) is 36.3 Å². The van der Waals surface area contributed by atoms with Crippen LogP contribution in [-0.2, 0) is 28.6 Å². The van der Waals surface area contributed by atoms with Crippen LogP contribution in [0.3, 0.4) is 0 Å². The number of aliphatic hydroxyl groups is 1. The summed E-state index contributed by atoms with van der Waals surface area (Å²) in [6.45, 7) is 10.7. The van der Waals surface area contributed by atoms with Gasteiger partial charge in [-0.25, -0.2) is 0 Å². The van der Waals surface area contributed by atoms with Gasteiger partial charge in [-0.05, 0) is 32.1 Å². The molecule has 6 atom stereocenters. The van der Waals surface area contributed by atoms with Gasteiger partial charge in [0.1, 0.15) is 18.2 Å². The molecule has 0 radical (unpaired) electrons. The molecule has 2 N–H and O–H groups in total. The minimum absolute atomic E-state index is 0.00915. The van der Waals surface area contributed by atoms with E-state index in [4.69, 9.17) is 14.2 Å². The van der Waals surface area contributed by atoms with Crippen LogP contribution in [-0.4, -0.2) is 53.6 Å². The zero-order valence-electron chi connectivity index (χ0n) is 38.8. The molecule has 0 spiro atoms. The van der Waals surface area contributed by atoms with Crippen molar-refractivity contribution in [2.45, 2.75) is 296 Å². The third kappa shape index (κ3) is 28.7. The highest BCUT2D eigenvalue weighted by Crippen LogP contribution is 2.30. The lowest BCUT2D eigenvalue weighted by molar-refractivity contribution is -0.236. The number of amides is 1. The molecule has 8 nitrogen and oxygen atoms in total. The van der Waals surface area contributed by atoms with E-state index in [0.717, 1.165) is 57.8 Å². The molecule has 1 fully saturated rings. The van der Waals surface area contributed by atoms with Crippen LogP contribution in [0.15, 0.2) is 0 Å². The number of carbonyl (C=O) groups excluding carboxylic acids is 3. The first-order chi connectivity index (χ1) is 28.3. The Kier molecular flexibility index (Phi) is 35.9. The Morgan fingerprint density at radius 3 is 1.34 bits per heavy atom. The van der Waals surface area contributed by atoms with Gasteiger partial charge in [0.2, 0.25) is 5.91 Å². The lowest BCUT2D eigenvalue weighted by Crippen LogP contribution is -2.61. The molecule has 0 aromatic rings. The van der Waals surface area contributed by atoms with Crippen LogP contribution in [0, 0.1) is 5.92 Å². The molecule has 1 aliphatic rings. The van der Waals surface area contributed by atoms with Gasteiger partial charge in [-0.2, -0.15) is 0 Å². The van der Waals surface area contributed by atoms with Gasteiger partial charge in [-0.3, -0.25) is 14.4 Å². The normalized spacial score (nSPS) is 19.9. The Bertz CT molecular complexity index is 976. The van der Waals surface area contributed by atoms with Gasteiger partial charge in [0.05, 0.1) is 12.5 Å². The molecule has 1 aliphatic heterocycles. The van der Waals surface area contributed by atoms with E-state index in [9.17, 15) is 19.5 Å². The first-order valence-electron chi connectivity index (χ1n) is 25.3. The minimum Gasteiger partial charge on any atom is -0.462 e. The highest BCUT2D eigenvalue weighted by molar-refractivity contribution is 5.78. The maximum atomic E-state index is 13.6. The second kappa shape index (κ2) is 38.3. The van der Waals surface area contributed by atoms with Crippen LogP contribution in [0.5, 0.6) is 0 Å². The van der Waals surface area contributed by atoms with E-state index in [0.29, 0.717) is 25.7 Å². The molecular formula is C50H95NO7. The van der Waals surface area contributed by atoms with Crippen LogP contribution in [0.2, 0.25) is 0 Å². The monoisotopic (exact) mass is 822 g/mol. The number of hydrogen-bond donors (Lipinski definition) is 2. The zero-order chi connectivity index (χ0) is 42.5. The Hall–Kier alpha value is -1.67. The molecule has 8 heteroatoms. The van der Waals surface area contributed by atoms with E-state index < -0.39 is 24.5 Å². The summed E-state index contributed by atoms with van der Waals surface area (Å²) in [6.07, 6.45) is 36.5. The van der Waals surface area contributed by atoms with Crippen LogP contribution in [0.1, 0.15) is 266 Å². The summed E-state index contributed by atoms with van der Waals surface area (Å²) in [4.78, 5) is 39.8. The van der Waals surface area contributed by atoms with Crippen LogP contribution >= 0.6 is 0 Å². The molecule has 0 aromatic heterocycles. The van der Waals surface area contributed by atoms with Crippen molar-refractivity contribution in [3.8, 4) is 0 Å². The number of hydrogen-bond acceptors (Lipinski definition) is 7. The van der Waals surface area contributed by atoms with Gasteiger partial charge < -0.3 is 24.6 Å². The number of ether oxygens (including phenoxy) is 3. The van der Waals surface area contributed by atoms with Crippen molar-refractivity contribution in [2.75, 3.05) is 0 Å². The average Bonchev–Trinajstić information content (AvgIpc) is 3.20. The van der Waals surface area contributed by atoms with E-state index in [1.54, 1.807) is 0 Å². The van der Waals surface area contributed by atoms with Crippen LogP contribution < -0.4 is 5.32 Å². The van der Waals surface area contributed by atoms with Gasteiger partial charge in [-0.15, -0.1) is 0 Å². The Balaban J connectivity index is 2.67. The highest BCUT2D eigenvalue weighted by Gasteiger charge is 2.45. The van der Waals surface area contributed by atoms with Crippen LogP contribution in [0.25, 0.3) is 0 Å². The number of aliphatic hydroxyl groups excluding tert-OH is 1. The fourth-order valence-corrected chi connectivity index (χ4v) is 8.55. The Morgan fingerprint density at radius 2 is 0.931 bits per heavy atom. The number of unbranched alkanes of at least 4 members (excludes halogenated alkanes) is 28. The average molecular weight is 822 g/mol. The standard InChI is InChI=1S/C50H95NO7/c1-6-10-13-16-19-22-24-27-30-33-36-39-46(53)56-43(38-35-32-29-26-21-18-15-12-8-3)41-45(52)51-48-49(42(5)44(9-4)57-50(48)55)58-47(54)40-37-34-31-28-25-23-20-17-14-11-7-2/h42-44,48-50,55H,6-41H2,1-5H3,(H,51,52)/t42-,43+,44-,48-,49+,50?/m1/s1. The molecule has 1 rings (SSSR count). The summed E-state index contributed by atoms with van der Waals surface area (Å²) in [5, 5.41) is 14.0. The maximum Gasteiger partial charge on any atom is 0.306 e. The maximum absolute atomic E-state index is 13.6. The van der Waals surface area contributed by atoms with Crippen molar-refractivity contribution >= 4 is 17.8 Å². The summed E-state index contributed by atoms with van der Waals surface area (Å²) >= 11 is 0. The van der Waals surface area contributed by atoms with Gasteiger partial charge >= 0.3 is 11.9 Å². The lowest BCUT2D eigenvalue weighted by atomic mass is 9.87. The number of esters is 2. The third-order valence-corrected chi connectivity index (χ3v) is 12.4. The molecular weight excluding hydrogens is 727 g/mol. The lowest BCUT2D eigenvalue weighted by Gasteiger charge is -2.43. The first-order valence-corrected chi connectivity index (χ1v) is 25.3. The molecule has 58 heavy (non-hydrogen) atoms. The summed E-state index contributed by atoms with van der Waals surface area (Å²) < 4.78 is 17.9. The second-order valence-corrected chi connectivity index (χ2v) is 17.9. The number of nitrogens with one attached hydrogen (secondary N) is 1. The summed E-state index contributed by atoms with van der Waals surface area (Å²) in [7, 11) is 0. The van der Waals surface area contributed by atoms with E-state index >= 15 is 0 Å². The molecule has 342 valence electrons. The molecule has 1 unspecified atom stereocenters. The Morgan fingerprint density at radius 1 is 0.552 bits per heavy atom. The molecule has 0 aromatic carbocycles. The predicted octanol–water partition coefficient (Wildman–Crippen LogP) is 13.8. The fourth-order valence-electron chi connectivity index (χ4n) is 8.55. The van der Waals surface area contributed by atoms with Gasteiger partial charge in [-0.1, -0.05) is 214 Å². The van der Waals surface area contributed by atoms with Gasteiger partial charge in [0.15, 0.2) is 6.29 Å². The summed E-state index contributed by atoms with van der Waals surface area (Å²) in [6, 6.07) is -0.896. The fraction of sp³-hybridized carbons (Fsp3) is 0.940. The minimum atomic E-state index is -1.30. The molecule has 0 aliphatic carbocycles. The van der Waals surface area contributed by atoms with Gasteiger partial charge in [0.25, 0.3) is 0 Å². The first kappa shape index (κ1) is 54.3. The molecule has 1 heterocycles. The van der Waals surface area contributed by atoms with E-state index in [1.807, 2.05) is 13.8 Å². The van der Waals surface area contributed by atoms with Crippen molar-refractivity contribution in [2.24, 2.45) is 5.92 Å². The zero-order valence-corrected chi connectivity index (χ0v) is 38.8. The Labute approximate surface area is 358 Å². The largest absolute Gasteiger partial charge is 0.462 e. The SMILES string of the molecule is CCCCCCCCCCCCCC(=O)O[C@@H](CCCCCCCCCCC)CC(=O)N[C@H]1C(O)O[C@H](CC)[C@@H](C)[C@@H]1OC(=O)CCCCCCCCCCCCC. The molecule has 0 saturated carbocycles. The third-order valence-electron chi connectivity index (χ3n) is 12.4. The number of rotatable bonds is 40. The van der Waals surface area contributed by atoms with E-state index in [1.165, 1.54) is 141 Å². The predicted molar refractivity (Wildman–Crippen MR) is 241 cm³/mol. The summed E-state index contributed by atoms with van der Waals surface area (Å²) in [5.41, 5.74) is 0. The van der Waals surface area contributed by atoms with E-state index in [2.05, 4.69) is 26.1 Å². The van der Waals surface area contributed by atoms with Crippen LogP contribution in [0.4, 0.5) is 0 Å². The van der Waals surface area contributed by atoms with Crippen molar-refractivity contribution < 1.29 is 33.7 Å². The molecule has 1 saturated heterocycles. The summed E-state index contributed by atoms with van der Waals surface area (Å²) in [5.74, 6) is -1.07. The van der Waals surface area contributed by atoms with Crippen molar-refractivity contribution in [3.05, 3.63) is 0 Å². The van der Waals surface area contributed by atoms with Crippen molar-refractivity contribution in [1.82, 2.24) is 5.32 Å². The van der Waals surface area contributed by atoms with Crippen molar-refractivity contribution in [1.29, 1.82) is 0 Å². The van der Waals surface area contributed by atoms with Gasteiger partial charge in [0, 0.05) is 18.8 Å². The topological polar surface area (TPSA) is 111 Å². The molecule has 0 bridgehead atoms. The smallest absolute Gasteiger partial charge is 0.306 e. The molecule has 1 amide bonds. The van der Waals surface area contributed by atoms with Crippen molar-refractivity contribution in [3.63, 3.8) is 0 Å². The highest BCUT2D eigenvalue weighted by atomic mass is 16.6. The second-order valence-electron chi connectivity index (χ2n) is 17.9. The number of carbonyl (C=O) groups is 3.